The molecular weight excluding hydrogens is 380 g/mol. The Bertz CT molecular complexity index is 789. The van der Waals surface area contributed by atoms with E-state index in [1.165, 1.54) is 0 Å². The van der Waals surface area contributed by atoms with Crippen molar-refractivity contribution in [2.75, 3.05) is 11.9 Å². The van der Waals surface area contributed by atoms with E-state index in [-0.39, 0.29) is 12.3 Å². The normalized spacial score (nSPS) is 11.2. The highest BCUT2D eigenvalue weighted by atomic mass is 79.9. The van der Waals surface area contributed by atoms with Gasteiger partial charge in [-0.15, -0.1) is 0 Å². The van der Waals surface area contributed by atoms with Gasteiger partial charge in [0.25, 0.3) is 0 Å². The first-order valence-electron chi connectivity index (χ1n) is 6.92. The van der Waals surface area contributed by atoms with E-state index in [9.17, 15) is 13.2 Å². The molecule has 0 spiro atoms. The Labute approximate surface area is 144 Å². The van der Waals surface area contributed by atoms with Crippen LogP contribution in [0.5, 0.6) is 0 Å². The lowest BCUT2D eigenvalue weighted by atomic mass is 10.2. The summed E-state index contributed by atoms with van der Waals surface area (Å²) in [6.45, 7) is 1.61. The molecule has 0 aliphatic rings. The molecule has 0 saturated carbocycles. The van der Waals surface area contributed by atoms with Crippen molar-refractivity contribution in [2.24, 2.45) is 0 Å². The van der Waals surface area contributed by atoms with Crippen molar-refractivity contribution in [3.63, 3.8) is 0 Å². The van der Waals surface area contributed by atoms with Gasteiger partial charge in [-0.2, -0.15) is 0 Å². The first-order chi connectivity index (χ1) is 10.8. The first kappa shape index (κ1) is 17.7. The van der Waals surface area contributed by atoms with Crippen molar-refractivity contribution in [3.8, 4) is 0 Å². The largest absolute Gasteiger partial charge is 0.325 e. The molecule has 0 unspecified atom stereocenters. The number of benzene rings is 2. The molecule has 2 aromatic rings. The van der Waals surface area contributed by atoms with Gasteiger partial charge in [0.2, 0.25) is 15.9 Å². The van der Waals surface area contributed by atoms with Crippen LogP contribution in [0.25, 0.3) is 0 Å². The van der Waals surface area contributed by atoms with Gasteiger partial charge in [-0.1, -0.05) is 40.2 Å². The van der Waals surface area contributed by atoms with Gasteiger partial charge in [0, 0.05) is 10.2 Å². The second-order valence-corrected chi connectivity index (χ2v) is 7.85. The number of nitrogens with one attached hydrogen (secondary N) is 2. The summed E-state index contributed by atoms with van der Waals surface area (Å²) in [5.41, 5.74) is 2.31. The van der Waals surface area contributed by atoms with E-state index in [0.29, 0.717) is 11.3 Å². The lowest BCUT2D eigenvalue weighted by Crippen LogP contribution is -2.33. The molecule has 23 heavy (non-hydrogen) atoms. The number of sulfonamides is 1. The molecule has 0 atom stereocenters. The molecule has 0 heterocycles. The Balaban J connectivity index is 1.88. The van der Waals surface area contributed by atoms with Crippen LogP contribution >= 0.6 is 15.9 Å². The number of aryl methyl sites for hydroxylation is 1. The first-order valence-corrected chi connectivity index (χ1v) is 9.37. The van der Waals surface area contributed by atoms with Gasteiger partial charge in [-0.3, -0.25) is 4.79 Å². The Morgan fingerprint density at radius 2 is 1.83 bits per heavy atom. The number of amides is 1. The van der Waals surface area contributed by atoms with Gasteiger partial charge in [0.1, 0.15) is 0 Å². The minimum absolute atomic E-state index is 0.169. The number of carbonyl (C=O) groups excluding carboxylic acids is 1. The lowest BCUT2D eigenvalue weighted by molar-refractivity contribution is -0.115. The van der Waals surface area contributed by atoms with Gasteiger partial charge < -0.3 is 5.32 Å². The van der Waals surface area contributed by atoms with Crippen molar-refractivity contribution < 1.29 is 13.2 Å². The predicted octanol–water partition coefficient (Wildman–Crippen LogP) is 2.82. The minimum atomic E-state index is -3.57. The minimum Gasteiger partial charge on any atom is -0.325 e. The Morgan fingerprint density at radius 1 is 1.13 bits per heavy atom. The molecule has 0 saturated heterocycles. The molecule has 0 aliphatic carbocycles. The van der Waals surface area contributed by atoms with Crippen LogP contribution in [0.3, 0.4) is 0 Å². The van der Waals surface area contributed by atoms with Crippen LogP contribution in [0.1, 0.15) is 11.1 Å². The monoisotopic (exact) mass is 396 g/mol. The Morgan fingerprint density at radius 3 is 2.48 bits per heavy atom. The van der Waals surface area contributed by atoms with E-state index in [2.05, 4.69) is 26.0 Å². The topological polar surface area (TPSA) is 75.3 Å². The van der Waals surface area contributed by atoms with Gasteiger partial charge in [0.05, 0.1) is 12.3 Å². The van der Waals surface area contributed by atoms with Gasteiger partial charge in [-0.25, -0.2) is 13.1 Å². The molecule has 7 heteroatoms. The predicted molar refractivity (Wildman–Crippen MR) is 94.6 cm³/mol. The fraction of sp³-hybridized carbons (Fsp3) is 0.188. The SMILES string of the molecule is Cc1cccc(NC(=O)CNS(=O)(=O)Cc2ccc(Br)cc2)c1. The van der Waals surface area contributed by atoms with Crippen LogP contribution < -0.4 is 10.0 Å². The van der Waals surface area contributed by atoms with Crippen molar-refractivity contribution in [1.82, 2.24) is 4.72 Å². The molecule has 2 aromatic carbocycles. The van der Waals surface area contributed by atoms with Crippen LogP contribution in [-0.4, -0.2) is 20.9 Å². The highest BCUT2D eigenvalue weighted by Crippen LogP contribution is 2.12. The smallest absolute Gasteiger partial charge is 0.239 e. The molecule has 5 nitrogen and oxygen atoms in total. The number of halogens is 1. The molecule has 0 aromatic heterocycles. The third-order valence-electron chi connectivity index (χ3n) is 3.02. The van der Waals surface area contributed by atoms with E-state index in [4.69, 9.17) is 0 Å². The van der Waals surface area contributed by atoms with E-state index < -0.39 is 15.9 Å². The molecule has 0 bridgehead atoms. The molecule has 122 valence electrons. The number of rotatable bonds is 6. The summed E-state index contributed by atoms with van der Waals surface area (Å²) in [7, 11) is -3.57. The average molecular weight is 397 g/mol. The van der Waals surface area contributed by atoms with Crippen molar-refractivity contribution in [3.05, 3.63) is 64.1 Å². The maximum absolute atomic E-state index is 12.0. The summed E-state index contributed by atoms with van der Waals surface area (Å²) in [6.07, 6.45) is 0. The quantitative estimate of drug-likeness (QED) is 0.787. The summed E-state index contributed by atoms with van der Waals surface area (Å²) in [5, 5.41) is 2.65. The number of carbonyl (C=O) groups is 1. The van der Waals surface area contributed by atoms with Gasteiger partial charge >= 0.3 is 0 Å². The highest BCUT2D eigenvalue weighted by molar-refractivity contribution is 9.10. The molecule has 1 amide bonds. The molecule has 0 aliphatic heterocycles. The number of hydrogen-bond donors (Lipinski definition) is 2. The maximum atomic E-state index is 12.0. The third-order valence-corrected chi connectivity index (χ3v) is 4.85. The fourth-order valence-electron chi connectivity index (χ4n) is 1.95. The second kappa shape index (κ2) is 7.72. The van der Waals surface area contributed by atoms with Crippen molar-refractivity contribution >= 4 is 37.5 Å². The van der Waals surface area contributed by atoms with Crippen LogP contribution in [0, 0.1) is 6.92 Å². The van der Waals surface area contributed by atoms with Crippen LogP contribution in [0.4, 0.5) is 5.69 Å². The van der Waals surface area contributed by atoms with E-state index in [1.54, 1.807) is 30.3 Å². The van der Waals surface area contributed by atoms with Crippen LogP contribution in [0.2, 0.25) is 0 Å². The second-order valence-electron chi connectivity index (χ2n) is 5.12. The van der Waals surface area contributed by atoms with Crippen molar-refractivity contribution in [1.29, 1.82) is 0 Å². The molecule has 0 radical (unpaired) electrons. The van der Waals surface area contributed by atoms with E-state index >= 15 is 0 Å². The molecule has 2 N–H and O–H groups in total. The van der Waals surface area contributed by atoms with E-state index in [1.807, 2.05) is 25.1 Å². The van der Waals surface area contributed by atoms with Gasteiger partial charge in [0.15, 0.2) is 0 Å². The zero-order valence-corrected chi connectivity index (χ0v) is 14.9. The van der Waals surface area contributed by atoms with Crippen LogP contribution in [0.15, 0.2) is 53.0 Å². The van der Waals surface area contributed by atoms with Crippen molar-refractivity contribution in [2.45, 2.75) is 12.7 Å². The fourth-order valence-corrected chi connectivity index (χ4v) is 3.30. The third kappa shape index (κ3) is 6.13. The highest BCUT2D eigenvalue weighted by Gasteiger charge is 2.13. The standard InChI is InChI=1S/C16H17BrN2O3S/c1-12-3-2-4-15(9-12)19-16(20)10-18-23(21,22)11-13-5-7-14(17)8-6-13/h2-9,18H,10-11H2,1H3,(H,19,20). The average Bonchev–Trinajstić information content (AvgIpc) is 2.48. The molecule has 2 rings (SSSR count). The summed E-state index contributed by atoms with van der Waals surface area (Å²) in [5.74, 6) is -0.576. The lowest BCUT2D eigenvalue weighted by Gasteiger charge is -2.08. The Kier molecular flexibility index (Phi) is 5.92. The number of anilines is 1. The molecule has 0 fully saturated rings. The van der Waals surface area contributed by atoms with E-state index in [0.717, 1.165) is 10.0 Å². The van der Waals surface area contributed by atoms with Gasteiger partial charge in [-0.05, 0) is 42.3 Å². The van der Waals surface area contributed by atoms with Crippen LogP contribution in [-0.2, 0) is 20.6 Å². The Hall–Kier alpha value is -1.70. The summed E-state index contributed by atoms with van der Waals surface area (Å²) < 4.78 is 27.2. The summed E-state index contributed by atoms with van der Waals surface area (Å²) in [4.78, 5) is 11.8. The maximum Gasteiger partial charge on any atom is 0.239 e. The molecular formula is C16H17BrN2O3S. The zero-order chi connectivity index (χ0) is 16.9. The summed E-state index contributed by atoms with van der Waals surface area (Å²) >= 11 is 3.29. The summed E-state index contributed by atoms with van der Waals surface area (Å²) in [6, 6.07) is 14.3. The number of hydrogen-bond acceptors (Lipinski definition) is 3. The zero-order valence-electron chi connectivity index (χ0n) is 12.5.